The summed E-state index contributed by atoms with van der Waals surface area (Å²) in [6, 6.07) is 0.404. The van der Waals surface area contributed by atoms with Crippen molar-refractivity contribution in [3.63, 3.8) is 0 Å². The third-order valence-corrected chi connectivity index (χ3v) is 3.19. The highest BCUT2D eigenvalue weighted by atomic mass is 32.1. The highest BCUT2D eigenvalue weighted by Gasteiger charge is 2.24. The monoisotopic (exact) mass is 207 g/mol. The Balaban J connectivity index is 1.95. The maximum atomic E-state index is 11.7. The van der Waals surface area contributed by atoms with Crippen LogP contribution in [0, 0.1) is 0 Å². The summed E-state index contributed by atoms with van der Waals surface area (Å²) >= 11 is 1.54. The van der Waals surface area contributed by atoms with E-state index in [1.807, 2.05) is 9.78 Å². The number of rotatable bonds is 2. The fourth-order valence-electron chi connectivity index (χ4n) is 1.37. The van der Waals surface area contributed by atoms with E-state index >= 15 is 0 Å². The number of thiazole rings is 1. The maximum absolute atomic E-state index is 11.7. The zero-order valence-corrected chi connectivity index (χ0v) is 8.25. The van der Waals surface area contributed by atoms with Crippen molar-refractivity contribution < 1.29 is 4.79 Å². The van der Waals surface area contributed by atoms with Crippen LogP contribution in [-0.2, 0) is 0 Å². The van der Waals surface area contributed by atoms with E-state index in [1.165, 1.54) is 11.3 Å². The minimum absolute atomic E-state index is 0.0109. The average Bonchev–Trinajstić information content (AvgIpc) is 2.72. The Morgan fingerprint density at radius 3 is 3.29 bits per heavy atom. The van der Waals surface area contributed by atoms with E-state index in [0.29, 0.717) is 11.7 Å². The first-order valence-corrected chi connectivity index (χ1v) is 5.43. The lowest BCUT2D eigenvalue weighted by Gasteiger charge is -2.00. The summed E-state index contributed by atoms with van der Waals surface area (Å²) in [5, 5.41) is 4.83. The van der Waals surface area contributed by atoms with Gasteiger partial charge in [0, 0.05) is 11.4 Å². The highest BCUT2D eigenvalue weighted by molar-refractivity contribution is 7.15. The van der Waals surface area contributed by atoms with E-state index in [4.69, 9.17) is 0 Å². The molecule has 0 bridgehead atoms. The lowest BCUT2D eigenvalue weighted by atomic mass is 10.4. The number of nitrogens with one attached hydrogen (secondary N) is 1. The minimum Gasteiger partial charge on any atom is -0.348 e. The molecule has 14 heavy (non-hydrogen) atoms. The molecule has 0 unspecified atom stereocenters. The number of imidazole rings is 1. The van der Waals surface area contributed by atoms with Crippen LogP contribution < -0.4 is 5.32 Å². The second-order valence-electron chi connectivity index (χ2n) is 3.47. The van der Waals surface area contributed by atoms with Gasteiger partial charge in [0.2, 0.25) is 0 Å². The maximum Gasteiger partial charge on any atom is 0.269 e. The van der Waals surface area contributed by atoms with E-state index in [0.717, 1.165) is 17.7 Å². The molecular formula is C9H9N3OS. The van der Waals surface area contributed by atoms with Crippen LogP contribution in [0.15, 0.2) is 17.9 Å². The largest absolute Gasteiger partial charge is 0.348 e. The van der Waals surface area contributed by atoms with E-state index in [2.05, 4.69) is 10.3 Å². The van der Waals surface area contributed by atoms with Gasteiger partial charge in [-0.1, -0.05) is 0 Å². The predicted molar refractivity (Wildman–Crippen MR) is 53.6 cm³/mol. The van der Waals surface area contributed by atoms with Gasteiger partial charge in [-0.15, -0.1) is 11.3 Å². The normalized spacial score (nSPS) is 16.0. The molecule has 2 aromatic heterocycles. The summed E-state index contributed by atoms with van der Waals surface area (Å²) in [7, 11) is 0. The molecule has 0 saturated heterocycles. The first-order valence-electron chi connectivity index (χ1n) is 4.55. The van der Waals surface area contributed by atoms with Crippen molar-refractivity contribution in [3.05, 3.63) is 23.6 Å². The summed E-state index contributed by atoms with van der Waals surface area (Å²) in [6.07, 6.45) is 5.66. The molecule has 1 fully saturated rings. The predicted octanol–water partition coefficient (Wildman–Crippen LogP) is 1.29. The van der Waals surface area contributed by atoms with Gasteiger partial charge >= 0.3 is 0 Å². The highest BCUT2D eigenvalue weighted by Crippen LogP contribution is 2.21. The zero-order chi connectivity index (χ0) is 9.54. The van der Waals surface area contributed by atoms with Gasteiger partial charge in [0.05, 0.1) is 6.20 Å². The molecule has 0 aliphatic heterocycles. The van der Waals surface area contributed by atoms with Gasteiger partial charge in [-0.2, -0.15) is 0 Å². The number of carbonyl (C=O) groups excluding carboxylic acids is 1. The van der Waals surface area contributed by atoms with Crippen LogP contribution >= 0.6 is 11.3 Å². The Morgan fingerprint density at radius 1 is 1.64 bits per heavy atom. The number of hydrogen-bond acceptors (Lipinski definition) is 3. The molecule has 3 rings (SSSR count). The lowest BCUT2D eigenvalue weighted by Crippen LogP contribution is -2.26. The van der Waals surface area contributed by atoms with Crippen molar-refractivity contribution in [2.75, 3.05) is 0 Å². The van der Waals surface area contributed by atoms with Gasteiger partial charge < -0.3 is 5.32 Å². The molecule has 72 valence electrons. The number of nitrogens with zero attached hydrogens (tertiary/aromatic N) is 2. The minimum atomic E-state index is 0.0109. The average molecular weight is 207 g/mol. The number of fused-ring (bicyclic) bond motifs is 1. The van der Waals surface area contributed by atoms with Gasteiger partial charge in [-0.3, -0.25) is 9.20 Å². The standard InChI is InChI=1S/C9H9N3OS/c13-9(11-6-1-2-6)7-4-14-8-3-10-5-12(7)8/h3-6H,1-2H2,(H,11,13). The van der Waals surface area contributed by atoms with Gasteiger partial charge in [0.15, 0.2) is 0 Å². The van der Waals surface area contributed by atoms with E-state index < -0.39 is 0 Å². The third-order valence-electron chi connectivity index (χ3n) is 2.30. The van der Waals surface area contributed by atoms with Crippen LogP contribution in [0.4, 0.5) is 0 Å². The van der Waals surface area contributed by atoms with E-state index in [9.17, 15) is 4.79 Å². The van der Waals surface area contributed by atoms with Crippen molar-refractivity contribution in [3.8, 4) is 0 Å². The number of aromatic nitrogens is 2. The third kappa shape index (κ3) is 1.21. The molecule has 1 aliphatic rings. The summed E-state index contributed by atoms with van der Waals surface area (Å²) in [4.78, 5) is 16.7. The smallest absolute Gasteiger partial charge is 0.269 e. The summed E-state index contributed by atoms with van der Waals surface area (Å²) in [5.41, 5.74) is 0.689. The SMILES string of the molecule is O=C(NC1CC1)c1csc2cncn12. The van der Waals surface area contributed by atoms with Gasteiger partial charge in [-0.05, 0) is 12.8 Å². The Kier molecular flexibility index (Phi) is 1.61. The molecule has 1 N–H and O–H groups in total. The van der Waals surface area contributed by atoms with Crippen LogP contribution in [0.5, 0.6) is 0 Å². The fraction of sp³-hybridized carbons (Fsp3) is 0.333. The van der Waals surface area contributed by atoms with Gasteiger partial charge in [-0.25, -0.2) is 4.98 Å². The van der Waals surface area contributed by atoms with Crippen LogP contribution in [0.2, 0.25) is 0 Å². The number of hydrogen-bond donors (Lipinski definition) is 1. The topological polar surface area (TPSA) is 46.4 Å². The van der Waals surface area contributed by atoms with Crippen molar-refractivity contribution >= 4 is 22.1 Å². The molecule has 0 radical (unpaired) electrons. The molecular weight excluding hydrogens is 198 g/mol. The second kappa shape index (κ2) is 2.81. The molecule has 1 aliphatic carbocycles. The summed E-state index contributed by atoms with van der Waals surface area (Å²) in [6.45, 7) is 0. The Morgan fingerprint density at radius 2 is 2.50 bits per heavy atom. The second-order valence-corrected chi connectivity index (χ2v) is 4.36. The molecule has 0 spiro atoms. The van der Waals surface area contributed by atoms with Crippen LogP contribution in [0.3, 0.4) is 0 Å². The first-order chi connectivity index (χ1) is 6.84. The van der Waals surface area contributed by atoms with Crippen molar-refractivity contribution in [2.45, 2.75) is 18.9 Å². The summed E-state index contributed by atoms with van der Waals surface area (Å²) < 4.78 is 1.82. The molecule has 1 saturated carbocycles. The molecule has 2 heterocycles. The van der Waals surface area contributed by atoms with Crippen LogP contribution in [0.1, 0.15) is 23.3 Å². The van der Waals surface area contributed by atoms with Gasteiger partial charge in [0.25, 0.3) is 5.91 Å². The molecule has 2 aromatic rings. The molecule has 0 atom stereocenters. The van der Waals surface area contributed by atoms with E-state index in [-0.39, 0.29) is 5.91 Å². The van der Waals surface area contributed by atoms with Crippen LogP contribution in [-0.4, -0.2) is 21.3 Å². The van der Waals surface area contributed by atoms with Crippen molar-refractivity contribution in [1.82, 2.24) is 14.7 Å². The molecule has 4 nitrogen and oxygen atoms in total. The van der Waals surface area contributed by atoms with Crippen molar-refractivity contribution in [2.24, 2.45) is 0 Å². The lowest BCUT2D eigenvalue weighted by molar-refractivity contribution is 0.0945. The quantitative estimate of drug-likeness (QED) is 0.806. The first kappa shape index (κ1) is 7.99. The Bertz CT molecular complexity index is 483. The Hall–Kier alpha value is -1.36. The Labute approximate surface area is 84.6 Å². The summed E-state index contributed by atoms with van der Waals surface area (Å²) in [5.74, 6) is 0.0109. The number of carbonyl (C=O) groups is 1. The molecule has 5 heteroatoms. The molecule has 0 aromatic carbocycles. The van der Waals surface area contributed by atoms with Crippen LogP contribution in [0.25, 0.3) is 4.83 Å². The zero-order valence-electron chi connectivity index (χ0n) is 7.43. The van der Waals surface area contributed by atoms with E-state index in [1.54, 1.807) is 12.5 Å². The number of amides is 1. The fourth-order valence-corrected chi connectivity index (χ4v) is 2.21. The molecule has 1 amide bonds. The van der Waals surface area contributed by atoms with Gasteiger partial charge in [0.1, 0.15) is 16.9 Å². The van der Waals surface area contributed by atoms with Crippen molar-refractivity contribution in [1.29, 1.82) is 0 Å².